The predicted octanol–water partition coefficient (Wildman–Crippen LogP) is 4.34. The summed E-state index contributed by atoms with van der Waals surface area (Å²) in [4.78, 5) is 35.0. The van der Waals surface area contributed by atoms with Gasteiger partial charge in [0.05, 0.1) is 11.0 Å². The maximum absolute atomic E-state index is 13.2. The Labute approximate surface area is 174 Å². The van der Waals surface area contributed by atoms with Gasteiger partial charge in [-0.3, -0.25) is 9.59 Å². The predicted molar refractivity (Wildman–Crippen MR) is 114 cm³/mol. The van der Waals surface area contributed by atoms with E-state index >= 15 is 0 Å². The van der Waals surface area contributed by atoms with Gasteiger partial charge in [-0.25, -0.2) is 9.37 Å². The van der Waals surface area contributed by atoms with E-state index in [1.54, 1.807) is 23.1 Å². The lowest BCUT2D eigenvalue weighted by Crippen LogP contribution is -2.47. The zero-order valence-corrected chi connectivity index (χ0v) is 17.3. The zero-order chi connectivity index (χ0) is 21.5. The first-order chi connectivity index (χ1) is 14.2. The number of benzene rings is 2. The number of likely N-dealkylation sites (tertiary alicyclic amines) is 1. The Balaban J connectivity index is 1.53. The maximum atomic E-state index is 13.2. The van der Waals surface area contributed by atoms with E-state index in [1.807, 2.05) is 32.9 Å². The number of rotatable bonds is 3. The molecule has 2 aromatic carbocycles. The second-order valence-corrected chi connectivity index (χ2v) is 8.72. The number of amides is 2. The Morgan fingerprint density at radius 3 is 2.60 bits per heavy atom. The van der Waals surface area contributed by atoms with Gasteiger partial charge in [0.1, 0.15) is 17.7 Å². The number of halogens is 1. The first kappa shape index (κ1) is 20.1. The van der Waals surface area contributed by atoms with Gasteiger partial charge in [-0.15, -0.1) is 0 Å². The van der Waals surface area contributed by atoms with Crippen LogP contribution in [0.2, 0.25) is 0 Å². The van der Waals surface area contributed by atoms with Gasteiger partial charge in [-0.2, -0.15) is 0 Å². The number of nitrogens with zero attached hydrogens (tertiary/aromatic N) is 2. The van der Waals surface area contributed by atoms with Crippen molar-refractivity contribution in [3.8, 4) is 11.4 Å². The van der Waals surface area contributed by atoms with E-state index in [1.165, 1.54) is 12.1 Å². The van der Waals surface area contributed by atoms with Gasteiger partial charge in [0.25, 0.3) is 0 Å². The summed E-state index contributed by atoms with van der Waals surface area (Å²) >= 11 is 0. The summed E-state index contributed by atoms with van der Waals surface area (Å²) in [7, 11) is 0. The van der Waals surface area contributed by atoms with Crippen molar-refractivity contribution in [3.05, 3.63) is 48.3 Å². The average Bonchev–Trinajstić information content (AvgIpc) is 3.34. The minimum absolute atomic E-state index is 0.00638. The van der Waals surface area contributed by atoms with E-state index in [0.29, 0.717) is 24.5 Å². The Morgan fingerprint density at radius 1 is 1.17 bits per heavy atom. The molecule has 0 saturated carbocycles. The van der Waals surface area contributed by atoms with Crippen molar-refractivity contribution in [3.63, 3.8) is 0 Å². The Morgan fingerprint density at radius 2 is 1.90 bits per heavy atom. The molecule has 2 amide bonds. The van der Waals surface area contributed by atoms with Crippen LogP contribution in [0.5, 0.6) is 0 Å². The van der Waals surface area contributed by atoms with Crippen molar-refractivity contribution in [2.75, 3.05) is 11.9 Å². The zero-order valence-electron chi connectivity index (χ0n) is 17.3. The van der Waals surface area contributed by atoms with Crippen molar-refractivity contribution < 1.29 is 14.0 Å². The third-order valence-electron chi connectivity index (χ3n) is 5.32. The van der Waals surface area contributed by atoms with Crippen LogP contribution in [0.1, 0.15) is 33.6 Å². The van der Waals surface area contributed by atoms with Gasteiger partial charge in [0, 0.05) is 23.2 Å². The minimum Gasteiger partial charge on any atom is -0.338 e. The quantitative estimate of drug-likeness (QED) is 0.677. The summed E-state index contributed by atoms with van der Waals surface area (Å²) in [6.45, 7) is 6.21. The SMILES string of the molecule is CC(C)(C)C(=O)N1CCCC1C(=O)Nc1ccc2nc(-c3ccc(F)cc3)[nH]c2c1. The lowest BCUT2D eigenvalue weighted by molar-refractivity contribution is -0.143. The van der Waals surface area contributed by atoms with Gasteiger partial charge >= 0.3 is 0 Å². The lowest BCUT2D eigenvalue weighted by atomic mass is 9.94. The molecule has 1 aliphatic heterocycles. The molecule has 1 saturated heterocycles. The second-order valence-electron chi connectivity index (χ2n) is 8.72. The van der Waals surface area contributed by atoms with Gasteiger partial charge in [0.15, 0.2) is 0 Å². The summed E-state index contributed by atoms with van der Waals surface area (Å²) in [6.07, 6.45) is 1.48. The largest absolute Gasteiger partial charge is 0.338 e. The number of anilines is 1. The highest BCUT2D eigenvalue weighted by Crippen LogP contribution is 2.27. The van der Waals surface area contributed by atoms with Crippen molar-refractivity contribution in [2.45, 2.75) is 39.7 Å². The van der Waals surface area contributed by atoms with Crippen LogP contribution in [0.3, 0.4) is 0 Å². The number of H-pyrrole nitrogens is 1. The molecule has 4 rings (SSSR count). The highest BCUT2D eigenvalue weighted by Gasteiger charge is 2.38. The Kier molecular flexibility index (Phi) is 5.05. The summed E-state index contributed by atoms with van der Waals surface area (Å²) < 4.78 is 13.2. The van der Waals surface area contributed by atoms with E-state index in [0.717, 1.165) is 23.0 Å². The van der Waals surface area contributed by atoms with Crippen molar-refractivity contribution in [1.29, 1.82) is 0 Å². The van der Waals surface area contributed by atoms with Crippen LogP contribution in [0, 0.1) is 11.2 Å². The van der Waals surface area contributed by atoms with Crippen molar-refractivity contribution in [1.82, 2.24) is 14.9 Å². The Hall–Kier alpha value is -3.22. The third-order valence-corrected chi connectivity index (χ3v) is 5.32. The molecular weight excluding hydrogens is 383 g/mol. The van der Waals surface area contributed by atoms with E-state index in [-0.39, 0.29) is 17.6 Å². The molecule has 1 atom stereocenters. The number of hydrogen-bond donors (Lipinski definition) is 2. The van der Waals surface area contributed by atoms with Crippen LogP contribution >= 0.6 is 0 Å². The molecule has 30 heavy (non-hydrogen) atoms. The molecule has 0 aliphatic carbocycles. The van der Waals surface area contributed by atoms with Crippen LogP contribution < -0.4 is 5.32 Å². The number of aromatic amines is 1. The topological polar surface area (TPSA) is 78.1 Å². The number of carbonyl (C=O) groups excluding carboxylic acids is 2. The molecule has 2 heterocycles. The molecule has 0 radical (unpaired) electrons. The fourth-order valence-corrected chi connectivity index (χ4v) is 3.77. The number of nitrogens with one attached hydrogen (secondary N) is 2. The second kappa shape index (κ2) is 7.55. The molecule has 156 valence electrons. The van der Waals surface area contributed by atoms with Crippen molar-refractivity contribution in [2.24, 2.45) is 5.41 Å². The smallest absolute Gasteiger partial charge is 0.247 e. The molecule has 7 heteroatoms. The number of hydrogen-bond acceptors (Lipinski definition) is 3. The fraction of sp³-hybridized carbons (Fsp3) is 0.348. The number of fused-ring (bicyclic) bond motifs is 1. The monoisotopic (exact) mass is 408 g/mol. The lowest BCUT2D eigenvalue weighted by Gasteiger charge is -2.30. The average molecular weight is 408 g/mol. The molecule has 6 nitrogen and oxygen atoms in total. The minimum atomic E-state index is -0.519. The molecule has 0 bridgehead atoms. The van der Waals surface area contributed by atoms with Crippen molar-refractivity contribution >= 4 is 28.5 Å². The highest BCUT2D eigenvalue weighted by atomic mass is 19.1. The first-order valence-electron chi connectivity index (χ1n) is 10.1. The molecule has 3 aromatic rings. The highest BCUT2D eigenvalue weighted by molar-refractivity contribution is 5.99. The Bertz CT molecular complexity index is 1100. The van der Waals surface area contributed by atoms with Gasteiger partial charge in [-0.05, 0) is 55.3 Å². The number of imidazole rings is 1. The molecule has 1 aromatic heterocycles. The molecule has 1 unspecified atom stereocenters. The van der Waals surface area contributed by atoms with Crippen LogP contribution in [0.25, 0.3) is 22.4 Å². The summed E-state index contributed by atoms with van der Waals surface area (Å²) in [5.41, 5.74) is 2.41. The standard InChI is InChI=1S/C23H25FN4O2/c1-23(2,3)22(30)28-12-4-5-19(28)21(29)25-16-10-11-17-18(13-16)27-20(26-17)14-6-8-15(24)9-7-14/h6-11,13,19H,4-5,12H2,1-3H3,(H,25,29)(H,26,27). The van der Waals surface area contributed by atoms with Crippen LogP contribution in [0.15, 0.2) is 42.5 Å². The van der Waals surface area contributed by atoms with Crippen LogP contribution in [-0.4, -0.2) is 39.3 Å². The van der Waals surface area contributed by atoms with E-state index in [9.17, 15) is 14.0 Å². The molecule has 1 fully saturated rings. The third kappa shape index (κ3) is 3.92. The first-order valence-corrected chi connectivity index (χ1v) is 10.1. The summed E-state index contributed by atoms with van der Waals surface area (Å²) in [5, 5.41) is 2.94. The number of carbonyl (C=O) groups is 2. The van der Waals surface area contributed by atoms with Gasteiger partial charge in [-0.1, -0.05) is 20.8 Å². The number of aromatic nitrogens is 2. The maximum Gasteiger partial charge on any atom is 0.247 e. The molecular formula is C23H25FN4O2. The van der Waals surface area contributed by atoms with Crippen LogP contribution in [0.4, 0.5) is 10.1 Å². The van der Waals surface area contributed by atoms with Gasteiger partial charge < -0.3 is 15.2 Å². The normalized spacial score (nSPS) is 16.8. The molecule has 2 N–H and O–H groups in total. The summed E-state index contributed by atoms with van der Waals surface area (Å²) in [5.74, 6) is 0.146. The molecule has 0 spiro atoms. The van der Waals surface area contributed by atoms with E-state index < -0.39 is 11.5 Å². The van der Waals surface area contributed by atoms with E-state index in [4.69, 9.17) is 0 Å². The van der Waals surface area contributed by atoms with Crippen LogP contribution in [-0.2, 0) is 9.59 Å². The van der Waals surface area contributed by atoms with Gasteiger partial charge in [0.2, 0.25) is 11.8 Å². The van der Waals surface area contributed by atoms with E-state index in [2.05, 4.69) is 15.3 Å². The molecule has 1 aliphatic rings. The summed E-state index contributed by atoms with van der Waals surface area (Å²) in [6, 6.07) is 11.1. The fourth-order valence-electron chi connectivity index (χ4n) is 3.77.